The summed E-state index contributed by atoms with van der Waals surface area (Å²) in [5.41, 5.74) is 1.11. The predicted octanol–water partition coefficient (Wildman–Crippen LogP) is 2.32. The Balaban J connectivity index is 1.88. The number of nitrogens with zero attached hydrogens (tertiary/aromatic N) is 1. The molecule has 118 valence electrons. The minimum atomic E-state index is -4.13. The zero-order valence-electron chi connectivity index (χ0n) is 12.1. The van der Waals surface area contributed by atoms with Gasteiger partial charge in [-0.15, -0.1) is 0 Å². The van der Waals surface area contributed by atoms with Gasteiger partial charge in [-0.2, -0.15) is 13.2 Å². The summed E-state index contributed by atoms with van der Waals surface area (Å²) in [6.07, 6.45) is -3.38. The van der Waals surface area contributed by atoms with Gasteiger partial charge in [-0.3, -0.25) is 0 Å². The van der Waals surface area contributed by atoms with E-state index in [9.17, 15) is 13.2 Å². The molecule has 1 aliphatic rings. The normalized spacial score (nSPS) is 21.0. The largest absolute Gasteiger partial charge is 0.497 e. The molecule has 1 aliphatic heterocycles. The smallest absolute Gasteiger partial charge is 0.394 e. The Labute approximate surface area is 123 Å². The summed E-state index contributed by atoms with van der Waals surface area (Å²) >= 11 is 0. The van der Waals surface area contributed by atoms with Gasteiger partial charge in [0.1, 0.15) is 5.75 Å². The number of benzene rings is 1. The van der Waals surface area contributed by atoms with E-state index in [0.29, 0.717) is 19.6 Å². The van der Waals surface area contributed by atoms with E-state index in [1.54, 1.807) is 7.11 Å². The second-order valence-electron chi connectivity index (χ2n) is 5.34. The highest BCUT2D eigenvalue weighted by Gasteiger charge is 2.40. The lowest BCUT2D eigenvalue weighted by Gasteiger charge is -2.25. The van der Waals surface area contributed by atoms with E-state index in [4.69, 9.17) is 4.74 Å². The SMILES string of the molecule is COc1ccc(CCN2CCNCC(C(F)(F)F)C2)cc1. The minimum Gasteiger partial charge on any atom is -0.497 e. The number of rotatable bonds is 4. The molecule has 21 heavy (non-hydrogen) atoms. The highest BCUT2D eigenvalue weighted by molar-refractivity contribution is 5.27. The molecule has 0 radical (unpaired) electrons. The molecule has 0 aliphatic carbocycles. The summed E-state index contributed by atoms with van der Waals surface area (Å²) in [5, 5.41) is 2.87. The summed E-state index contributed by atoms with van der Waals surface area (Å²) in [4.78, 5) is 1.89. The number of ether oxygens (including phenoxy) is 1. The molecule has 1 aromatic carbocycles. The molecule has 1 aromatic rings. The predicted molar refractivity (Wildman–Crippen MR) is 75.6 cm³/mol. The fourth-order valence-corrected chi connectivity index (χ4v) is 2.48. The average Bonchev–Trinajstić information content (AvgIpc) is 2.71. The van der Waals surface area contributed by atoms with E-state index < -0.39 is 12.1 Å². The van der Waals surface area contributed by atoms with Crippen molar-refractivity contribution in [1.29, 1.82) is 0 Å². The first-order valence-electron chi connectivity index (χ1n) is 7.12. The summed E-state index contributed by atoms with van der Waals surface area (Å²) < 4.78 is 43.7. The monoisotopic (exact) mass is 302 g/mol. The van der Waals surface area contributed by atoms with Crippen molar-refractivity contribution in [3.05, 3.63) is 29.8 Å². The van der Waals surface area contributed by atoms with Crippen LogP contribution in [0, 0.1) is 5.92 Å². The van der Waals surface area contributed by atoms with E-state index in [1.807, 2.05) is 29.2 Å². The number of nitrogens with one attached hydrogen (secondary N) is 1. The van der Waals surface area contributed by atoms with Gasteiger partial charge in [0, 0.05) is 32.7 Å². The number of methoxy groups -OCH3 is 1. The standard InChI is InChI=1S/C15H21F3N2O/c1-21-14-4-2-12(3-5-14)6-8-20-9-7-19-10-13(11-20)15(16,17)18/h2-5,13,19H,6-11H2,1H3. The maximum Gasteiger partial charge on any atom is 0.394 e. The van der Waals surface area contributed by atoms with Gasteiger partial charge < -0.3 is 15.0 Å². The molecule has 1 fully saturated rings. The Bertz CT molecular complexity index is 434. The molecule has 2 rings (SSSR count). The van der Waals surface area contributed by atoms with Crippen molar-refractivity contribution in [1.82, 2.24) is 10.2 Å². The van der Waals surface area contributed by atoms with Gasteiger partial charge in [0.05, 0.1) is 13.0 Å². The maximum absolute atomic E-state index is 12.9. The van der Waals surface area contributed by atoms with Crippen LogP contribution in [0.5, 0.6) is 5.75 Å². The van der Waals surface area contributed by atoms with E-state index >= 15 is 0 Å². The topological polar surface area (TPSA) is 24.5 Å². The number of halogens is 3. The lowest BCUT2D eigenvalue weighted by molar-refractivity contribution is -0.175. The molecule has 6 heteroatoms. The quantitative estimate of drug-likeness (QED) is 0.924. The van der Waals surface area contributed by atoms with E-state index in [0.717, 1.165) is 17.7 Å². The summed E-state index contributed by atoms with van der Waals surface area (Å²) in [7, 11) is 1.61. The molecule has 0 saturated carbocycles. The zero-order valence-corrected chi connectivity index (χ0v) is 12.1. The number of hydrogen-bond acceptors (Lipinski definition) is 3. The molecule has 1 unspecified atom stereocenters. The van der Waals surface area contributed by atoms with Crippen molar-refractivity contribution >= 4 is 0 Å². The third-order valence-electron chi connectivity index (χ3n) is 3.81. The molecule has 1 atom stereocenters. The van der Waals surface area contributed by atoms with Crippen LogP contribution in [0.25, 0.3) is 0 Å². The van der Waals surface area contributed by atoms with Gasteiger partial charge in [0.25, 0.3) is 0 Å². The van der Waals surface area contributed by atoms with Crippen molar-refractivity contribution in [3.8, 4) is 5.75 Å². The Hall–Kier alpha value is -1.27. The van der Waals surface area contributed by atoms with Crippen LogP contribution >= 0.6 is 0 Å². The van der Waals surface area contributed by atoms with Gasteiger partial charge in [0.2, 0.25) is 0 Å². The molecule has 1 heterocycles. The minimum absolute atomic E-state index is 0.0164. The van der Waals surface area contributed by atoms with Crippen LogP contribution in [-0.4, -0.2) is 50.9 Å². The maximum atomic E-state index is 12.9. The Morgan fingerprint density at radius 1 is 1.29 bits per heavy atom. The fourth-order valence-electron chi connectivity index (χ4n) is 2.48. The van der Waals surface area contributed by atoms with Crippen LogP contribution in [0.1, 0.15) is 5.56 Å². The van der Waals surface area contributed by atoms with Gasteiger partial charge >= 0.3 is 6.18 Å². The first-order chi connectivity index (χ1) is 9.99. The van der Waals surface area contributed by atoms with Crippen molar-refractivity contribution in [2.45, 2.75) is 12.6 Å². The summed E-state index contributed by atoms with van der Waals surface area (Å²) in [6.45, 7) is 1.99. The summed E-state index contributed by atoms with van der Waals surface area (Å²) in [5.74, 6) is -0.495. The molecule has 0 spiro atoms. The molecule has 1 saturated heterocycles. The molecule has 3 nitrogen and oxygen atoms in total. The Kier molecular flexibility index (Phi) is 5.47. The zero-order chi connectivity index (χ0) is 15.3. The Morgan fingerprint density at radius 3 is 2.62 bits per heavy atom. The Morgan fingerprint density at radius 2 is 2.00 bits per heavy atom. The van der Waals surface area contributed by atoms with E-state index in [2.05, 4.69) is 5.32 Å². The highest BCUT2D eigenvalue weighted by Crippen LogP contribution is 2.27. The molecule has 0 aromatic heterocycles. The van der Waals surface area contributed by atoms with Gasteiger partial charge in [-0.1, -0.05) is 12.1 Å². The molecule has 1 N–H and O–H groups in total. The van der Waals surface area contributed by atoms with Crippen LogP contribution in [0.2, 0.25) is 0 Å². The number of alkyl halides is 3. The van der Waals surface area contributed by atoms with Crippen molar-refractivity contribution < 1.29 is 17.9 Å². The highest BCUT2D eigenvalue weighted by atomic mass is 19.4. The second kappa shape index (κ2) is 7.13. The van der Waals surface area contributed by atoms with Gasteiger partial charge in [-0.25, -0.2) is 0 Å². The third-order valence-corrected chi connectivity index (χ3v) is 3.81. The first-order valence-corrected chi connectivity index (χ1v) is 7.12. The van der Waals surface area contributed by atoms with E-state index in [-0.39, 0.29) is 13.1 Å². The van der Waals surface area contributed by atoms with E-state index in [1.165, 1.54) is 0 Å². The average molecular weight is 302 g/mol. The van der Waals surface area contributed by atoms with Crippen LogP contribution in [0.3, 0.4) is 0 Å². The van der Waals surface area contributed by atoms with Crippen molar-refractivity contribution in [2.75, 3.05) is 39.8 Å². The van der Waals surface area contributed by atoms with Crippen LogP contribution < -0.4 is 10.1 Å². The van der Waals surface area contributed by atoms with Gasteiger partial charge in [0.15, 0.2) is 0 Å². The lowest BCUT2D eigenvalue weighted by Crippen LogP contribution is -2.38. The fraction of sp³-hybridized carbons (Fsp3) is 0.600. The number of hydrogen-bond donors (Lipinski definition) is 1. The molecular formula is C15H21F3N2O. The molecule has 0 bridgehead atoms. The molecule has 0 amide bonds. The van der Waals surface area contributed by atoms with Crippen LogP contribution in [0.15, 0.2) is 24.3 Å². The summed E-state index contributed by atoms with van der Waals surface area (Å²) in [6, 6.07) is 7.65. The van der Waals surface area contributed by atoms with Gasteiger partial charge in [-0.05, 0) is 24.1 Å². The third kappa shape index (κ3) is 4.89. The van der Waals surface area contributed by atoms with Crippen LogP contribution in [-0.2, 0) is 6.42 Å². The lowest BCUT2D eigenvalue weighted by atomic mass is 10.1. The van der Waals surface area contributed by atoms with Crippen molar-refractivity contribution in [2.24, 2.45) is 5.92 Å². The molecular weight excluding hydrogens is 281 g/mol. The second-order valence-corrected chi connectivity index (χ2v) is 5.34. The van der Waals surface area contributed by atoms with Crippen LogP contribution in [0.4, 0.5) is 13.2 Å². The van der Waals surface area contributed by atoms with Crippen molar-refractivity contribution in [3.63, 3.8) is 0 Å². The first kappa shape index (κ1) is 16.1.